The average molecular weight is 252 g/mol. The molecule has 0 atom stereocenters. The standard InChI is InChI=1S/C15H28N2O/c1-11(2)12-5-7-13(8-6-12)17-14(18)15(16)9-3-4-10-15/h11-13H,3-10,16H2,1-2H3,(H,17,18)/t12-,13-. The Morgan fingerprint density at radius 3 is 2.22 bits per heavy atom. The number of hydrogen-bond acceptors (Lipinski definition) is 2. The van der Waals surface area contributed by atoms with Gasteiger partial charge in [-0.15, -0.1) is 0 Å². The summed E-state index contributed by atoms with van der Waals surface area (Å²) < 4.78 is 0. The van der Waals surface area contributed by atoms with E-state index in [0.717, 1.165) is 50.4 Å². The van der Waals surface area contributed by atoms with Crippen molar-refractivity contribution < 1.29 is 4.79 Å². The maximum atomic E-state index is 12.2. The molecule has 3 nitrogen and oxygen atoms in total. The molecule has 18 heavy (non-hydrogen) atoms. The molecule has 3 heteroatoms. The van der Waals surface area contributed by atoms with E-state index >= 15 is 0 Å². The van der Waals surface area contributed by atoms with Gasteiger partial charge < -0.3 is 11.1 Å². The van der Waals surface area contributed by atoms with E-state index < -0.39 is 5.54 Å². The van der Waals surface area contributed by atoms with E-state index in [1.165, 1.54) is 12.8 Å². The van der Waals surface area contributed by atoms with Gasteiger partial charge in [-0.3, -0.25) is 4.79 Å². The van der Waals surface area contributed by atoms with Crippen LogP contribution in [0.3, 0.4) is 0 Å². The molecular formula is C15H28N2O. The first-order valence-corrected chi connectivity index (χ1v) is 7.61. The van der Waals surface area contributed by atoms with Gasteiger partial charge in [0, 0.05) is 6.04 Å². The molecule has 0 aliphatic heterocycles. The first-order chi connectivity index (χ1) is 8.51. The molecule has 0 saturated heterocycles. The van der Waals surface area contributed by atoms with Gasteiger partial charge in [-0.05, 0) is 50.4 Å². The fourth-order valence-electron chi connectivity index (χ4n) is 3.49. The van der Waals surface area contributed by atoms with Crippen LogP contribution in [0.25, 0.3) is 0 Å². The summed E-state index contributed by atoms with van der Waals surface area (Å²) in [5.41, 5.74) is 5.62. The normalized spacial score (nSPS) is 31.6. The van der Waals surface area contributed by atoms with Crippen molar-refractivity contribution in [3.05, 3.63) is 0 Å². The van der Waals surface area contributed by atoms with Gasteiger partial charge >= 0.3 is 0 Å². The minimum Gasteiger partial charge on any atom is -0.352 e. The highest BCUT2D eigenvalue weighted by atomic mass is 16.2. The topological polar surface area (TPSA) is 55.1 Å². The average Bonchev–Trinajstić information content (AvgIpc) is 2.78. The molecule has 2 aliphatic rings. The zero-order valence-corrected chi connectivity index (χ0v) is 11.9. The number of hydrogen-bond donors (Lipinski definition) is 2. The Balaban J connectivity index is 1.79. The molecule has 1 amide bonds. The Morgan fingerprint density at radius 2 is 1.72 bits per heavy atom. The van der Waals surface area contributed by atoms with Gasteiger partial charge in [-0.25, -0.2) is 0 Å². The molecule has 3 N–H and O–H groups in total. The second kappa shape index (κ2) is 5.60. The summed E-state index contributed by atoms with van der Waals surface area (Å²) in [5.74, 6) is 1.72. The van der Waals surface area contributed by atoms with Crippen molar-refractivity contribution >= 4 is 5.91 Å². The lowest BCUT2D eigenvalue weighted by molar-refractivity contribution is -0.127. The van der Waals surface area contributed by atoms with Gasteiger partial charge in [0.2, 0.25) is 5.91 Å². The van der Waals surface area contributed by atoms with Crippen LogP contribution in [-0.4, -0.2) is 17.5 Å². The van der Waals surface area contributed by atoms with Crippen molar-refractivity contribution in [2.24, 2.45) is 17.6 Å². The third-order valence-corrected chi connectivity index (χ3v) is 5.00. The van der Waals surface area contributed by atoms with Gasteiger partial charge in [-0.1, -0.05) is 26.7 Å². The molecule has 2 rings (SSSR count). The SMILES string of the molecule is CC(C)[C@H]1CC[C@H](NC(=O)C2(N)CCCC2)CC1. The van der Waals surface area contributed by atoms with E-state index in [4.69, 9.17) is 5.73 Å². The summed E-state index contributed by atoms with van der Waals surface area (Å²) in [6.45, 7) is 4.61. The van der Waals surface area contributed by atoms with Crippen LogP contribution in [0.1, 0.15) is 65.2 Å². The fraction of sp³-hybridized carbons (Fsp3) is 0.933. The third-order valence-electron chi connectivity index (χ3n) is 5.00. The van der Waals surface area contributed by atoms with Crippen molar-refractivity contribution in [1.82, 2.24) is 5.32 Å². The van der Waals surface area contributed by atoms with E-state index in [-0.39, 0.29) is 5.91 Å². The summed E-state index contributed by atoms with van der Waals surface area (Å²) in [4.78, 5) is 12.2. The van der Waals surface area contributed by atoms with E-state index in [2.05, 4.69) is 19.2 Å². The van der Waals surface area contributed by atoms with Crippen LogP contribution in [0.4, 0.5) is 0 Å². The van der Waals surface area contributed by atoms with Gasteiger partial charge in [0.05, 0.1) is 5.54 Å². The maximum absolute atomic E-state index is 12.2. The summed E-state index contributed by atoms with van der Waals surface area (Å²) in [6, 6.07) is 0.369. The molecule has 0 spiro atoms. The third kappa shape index (κ3) is 3.05. The molecule has 104 valence electrons. The molecule has 2 aliphatic carbocycles. The smallest absolute Gasteiger partial charge is 0.240 e. The lowest BCUT2D eigenvalue weighted by Crippen LogP contribution is -2.55. The summed E-state index contributed by atoms with van der Waals surface area (Å²) in [6.07, 6.45) is 8.68. The lowest BCUT2D eigenvalue weighted by atomic mass is 9.79. The molecule has 0 unspecified atom stereocenters. The number of nitrogens with two attached hydrogens (primary N) is 1. The second-order valence-corrected chi connectivity index (χ2v) is 6.69. The lowest BCUT2D eigenvalue weighted by Gasteiger charge is -2.33. The van der Waals surface area contributed by atoms with E-state index in [9.17, 15) is 4.79 Å². The first-order valence-electron chi connectivity index (χ1n) is 7.61. The molecule has 2 saturated carbocycles. The van der Waals surface area contributed by atoms with Crippen LogP contribution in [0.15, 0.2) is 0 Å². The van der Waals surface area contributed by atoms with E-state index in [1.54, 1.807) is 0 Å². The van der Waals surface area contributed by atoms with Crippen molar-refractivity contribution in [3.63, 3.8) is 0 Å². The van der Waals surface area contributed by atoms with Crippen molar-refractivity contribution in [1.29, 1.82) is 0 Å². The van der Waals surface area contributed by atoms with E-state index in [0.29, 0.717) is 6.04 Å². The van der Waals surface area contributed by atoms with E-state index in [1.807, 2.05) is 0 Å². The minimum atomic E-state index is -0.561. The van der Waals surface area contributed by atoms with Crippen molar-refractivity contribution in [3.8, 4) is 0 Å². The van der Waals surface area contributed by atoms with Gasteiger partial charge in [0.15, 0.2) is 0 Å². The highest BCUT2D eigenvalue weighted by molar-refractivity contribution is 5.86. The van der Waals surface area contributed by atoms with Gasteiger partial charge in [0.25, 0.3) is 0 Å². The molecular weight excluding hydrogens is 224 g/mol. The molecule has 0 aromatic rings. The molecule has 0 radical (unpaired) electrons. The zero-order chi connectivity index (χ0) is 13.2. The van der Waals surface area contributed by atoms with Crippen molar-refractivity contribution in [2.45, 2.75) is 76.8 Å². The first kappa shape index (κ1) is 13.9. The van der Waals surface area contributed by atoms with Gasteiger partial charge in [0.1, 0.15) is 0 Å². The number of carbonyl (C=O) groups is 1. The summed E-state index contributed by atoms with van der Waals surface area (Å²) in [7, 11) is 0. The second-order valence-electron chi connectivity index (χ2n) is 6.69. The quantitative estimate of drug-likeness (QED) is 0.811. The molecule has 0 aromatic heterocycles. The largest absolute Gasteiger partial charge is 0.352 e. The summed E-state index contributed by atoms with van der Waals surface area (Å²) in [5, 5.41) is 3.20. The van der Waals surface area contributed by atoms with Crippen molar-refractivity contribution in [2.75, 3.05) is 0 Å². The Kier molecular flexibility index (Phi) is 4.31. The summed E-state index contributed by atoms with van der Waals surface area (Å²) >= 11 is 0. The zero-order valence-electron chi connectivity index (χ0n) is 11.9. The number of nitrogens with one attached hydrogen (secondary N) is 1. The van der Waals surface area contributed by atoms with Gasteiger partial charge in [-0.2, -0.15) is 0 Å². The Morgan fingerprint density at radius 1 is 1.17 bits per heavy atom. The van der Waals surface area contributed by atoms with Crippen LogP contribution < -0.4 is 11.1 Å². The maximum Gasteiger partial charge on any atom is 0.240 e. The number of rotatable bonds is 3. The molecule has 0 bridgehead atoms. The monoisotopic (exact) mass is 252 g/mol. The highest BCUT2D eigenvalue weighted by Crippen LogP contribution is 2.31. The Bertz CT molecular complexity index is 287. The number of amides is 1. The fourth-order valence-corrected chi connectivity index (χ4v) is 3.49. The van der Waals surface area contributed by atoms with Crippen LogP contribution >= 0.6 is 0 Å². The Labute approximate surface area is 111 Å². The predicted octanol–water partition coefficient (Wildman–Crippen LogP) is 2.59. The van der Waals surface area contributed by atoms with Crippen LogP contribution in [0, 0.1) is 11.8 Å². The minimum absolute atomic E-state index is 0.105. The Hall–Kier alpha value is -0.570. The van der Waals surface area contributed by atoms with Crippen LogP contribution in [0.5, 0.6) is 0 Å². The number of carbonyl (C=O) groups excluding carboxylic acids is 1. The molecule has 0 aromatic carbocycles. The predicted molar refractivity (Wildman–Crippen MR) is 74.1 cm³/mol. The molecule has 0 heterocycles. The van der Waals surface area contributed by atoms with Crippen LogP contribution in [0.2, 0.25) is 0 Å². The highest BCUT2D eigenvalue weighted by Gasteiger charge is 2.38. The van der Waals surface area contributed by atoms with Crippen LogP contribution in [-0.2, 0) is 4.79 Å². The molecule has 2 fully saturated rings.